The van der Waals surface area contributed by atoms with E-state index in [0.29, 0.717) is 0 Å². The molecule has 0 radical (unpaired) electrons. The number of hydrogen-bond acceptors (Lipinski definition) is 2. The van der Waals surface area contributed by atoms with Gasteiger partial charge >= 0.3 is 0 Å². The smallest absolute Gasteiger partial charge is 0.0432 e. The number of aryl methyl sites for hydroxylation is 2. The first kappa shape index (κ1) is 17.5. The van der Waals surface area contributed by atoms with Gasteiger partial charge in [-0.05, 0) is 55.4 Å². The third-order valence-corrected chi connectivity index (χ3v) is 4.19. The molecule has 2 heterocycles. The molecule has 4 heteroatoms. The summed E-state index contributed by atoms with van der Waals surface area (Å²) in [6.45, 7) is 5.89. The van der Waals surface area contributed by atoms with Crippen molar-refractivity contribution in [3.8, 4) is 0 Å². The number of rotatable bonds is 4. The molecule has 0 fully saturated rings. The minimum absolute atomic E-state index is 0. The fourth-order valence-electron chi connectivity index (χ4n) is 3.32. The average Bonchev–Trinajstić information content (AvgIpc) is 2.40. The maximum atomic E-state index is 3.59. The fourth-order valence-corrected chi connectivity index (χ4v) is 3.32. The Balaban J connectivity index is 0.000001000. The van der Waals surface area contributed by atoms with Gasteiger partial charge in [0.25, 0.3) is 0 Å². The zero-order chi connectivity index (χ0) is 12.4. The van der Waals surface area contributed by atoms with Gasteiger partial charge in [0.1, 0.15) is 0 Å². The lowest BCUT2D eigenvalue weighted by atomic mass is 9.91. The number of hydrogen-bond donors (Lipinski definition) is 1. The van der Waals surface area contributed by atoms with E-state index < -0.39 is 0 Å². The number of anilines is 2. The molecular weight excluding hydrogens is 291 g/mol. The van der Waals surface area contributed by atoms with Crippen LogP contribution in [0.25, 0.3) is 0 Å². The van der Waals surface area contributed by atoms with Gasteiger partial charge in [-0.3, -0.25) is 0 Å². The predicted octanol–water partition coefficient (Wildman–Crippen LogP) is 4.44. The second-order valence-electron chi connectivity index (χ2n) is 5.62. The highest BCUT2D eigenvalue weighted by Gasteiger charge is 2.23. The van der Waals surface area contributed by atoms with Crippen molar-refractivity contribution in [3.63, 3.8) is 0 Å². The van der Waals surface area contributed by atoms with Crippen LogP contribution in [0.2, 0.25) is 0 Å². The van der Waals surface area contributed by atoms with Crippen molar-refractivity contribution in [1.29, 1.82) is 0 Å². The van der Waals surface area contributed by atoms with Crippen LogP contribution in [0.5, 0.6) is 0 Å². The summed E-state index contributed by atoms with van der Waals surface area (Å²) in [6.07, 6.45) is 7.71. The van der Waals surface area contributed by atoms with Gasteiger partial charge in [-0.1, -0.05) is 13.3 Å². The van der Waals surface area contributed by atoms with Crippen LogP contribution in [-0.2, 0) is 12.8 Å². The molecule has 114 valence electrons. The maximum absolute atomic E-state index is 3.59. The van der Waals surface area contributed by atoms with Crippen LogP contribution in [0.1, 0.15) is 43.7 Å². The number of nitrogens with zero attached hydrogens (tertiary/aromatic N) is 1. The highest BCUT2D eigenvalue weighted by Crippen LogP contribution is 2.37. The number of benzene rings is 1. The predicted molar refractivity (Wildman–Crippen MR) is 93.2 cm³/mol. The third kappa shape index (κ3) is 3.53. The molecule has 0 aromatic heterocycles. The van der Waals surface area contributed by atoms with E-state index in [1.165, 1.54) is 57.3 Å². The largest absolute Gasteiger partial charge is 0.385 e. The summed E-state index contributed by atoms with van der Waals surface area (Å²) in [5.41, 5.74) is 6.09. The van der Waals surface area contributed by atoms with Gasteiger partial charge in [0.15, 0.2) is 0 Å². The molecule has 0 unspecified atom stereocenters. The van der Waals surface area contributed by atoms with Gasteiger partial charge in [-0.15, -0.1) is 24.8 Å². The van der Waals surface area contributed by atoms with Crippen molar-refractivity contribution < 1.29 is 0 Å². The Hall–Kier alpha value is -0.600. The van der Waals surface area contributed by atoms with Crippen LogP contribution in [0.4, 0.5) is 11.4 Å². The first-order valence-corrected chi connectivity index (χ1v) is 7.53. The first-order valence-electron chi connectivity index (χ1n) is 7.53. The standard InChI is InChI=1S/C16H24N2.2ClH/c1-2-3-8-17-15-11-13-6-4-9-18-10-5-7-14(12-15)16(13)18;;/h11-12,17H,2-10H2,1H3;2*1H. The van der Waals surface area contributed by atoms with E-state index in [2.05, 4.69) is 29.3 Å². The van der Waals surface area contributed by atoms with Crippen molar-refractivity contribution in [2.24, 2.45) is 0 Å². The summed E-state index contributed by atoms with van der Waals surface area (Å²) in [5.74, 6) is 0. The van der Waals surface area contributed by atoms with Crippen molar-refractivity contribution in [2.75, 3.05) is 29.9 Å². The van der Waals surface area contributed by atoms with Crippen molar-refractivity contribution >= 4 is 36.2 Å². The molecule has 1 aromatic carbocycles. The molecule has 0 bridgehead atoms. The Bertz CT molecular complexity index is 403. The summed E-state index contributed by atoms with van der Waals surface area (Å²) in [7, 11) is 0. The quantitative estimate of drug-likeness (QED) is 0.826. The molecule has 3 rings (SSSR count). The van der Waals surface area contributed by atoms with Crippen molar-refractivity contribution in [1.82, 2.24) is 0 Å². The van der Waals surface area contributed by atoms with E-state index in [9.17, 15) is 0 Å². The molecule has 1 aromatic rings. The molecule has 0 spiro atoms. The number of nitrogens with one attached hydrogen (secondary N) is 1. The Morgan fingerprint density at radius 3 is 2.20 bits per heavy atom. The maximum Gasteiger partial charge on any atom is 0.0432 e. The van der Waals surface area contributed by atoms with Crippen LogP contribution < -0.4 is 10.2 Å². The van der Waals surface area contributed by atoms with Gasteiger partial charge in [0.05, 0.1) is 0 Å². The molecule has 0 saturated heterocycles. The Labute approximate surface area is 135 Å². The average molecular weight is 317 g/mol. The van der Waals surface area contributed by atoms with Gasteiger partial charge in [-0.2, -0.15) is 0 Å². The van der Waals surface area contributed by atoms with E-state index in [1.54, 1.807) is 16.8 Å². The van der Waals surface area contributed by atoms with Crippen molar-refractivity contribution in [2.45, 2.75) is 45.4 Å². The lowest BCUT2D eigenvalue weighted by Gasteiger charge is -2.37. The minimum Gasteiger partial charge on any atom is -0.385 e. The molecule has 0 saturated carbocycles. The number of halogens is 2. The molecule has 20 heavy (non-hydrogen) atoms. The summed E-state index contributed by atoms with van der Waals surface area (Å²) in [6, 6.07) is 4.79. The third-order valence-electron chi connectivity index (χ3n) is 4.19. The molecule has 0 atom stereocenters. The lowest BCUT2D eigenvalue weighted by molar-refractivity contribution is 0.634. The lowest BCUT2D eigenvalue weighted by Crippen LogP contribution is -2.34. The molecule has 2 aliphatic rings. The van der Waals surface area contributed by atoms with Crippen LogP contribution >= 0.6 is 24.8 Å². The normalized spacial score (nSPS) is 15.8. The zero-order valence-corrected chi connectivity index (χ0v) is 13.9. The van der Waals surface area contributed by atoms with Crippen LogP contribution in [0.15, 0.2) is 12.1 Å². The van der Waals surface area contributed by atoms with E-state index in [0.717, 1.165) is 6.54 Å². The van der Waals surface area contributed by atoms with Crippen molar-refractivity contribution in [3.05, 3.63) is 23.3 Å². The Kier molecular flexibility index (Phi) is 6.97. The van der Waals surface area contributed by atoms with E-state index in [-0.39, 0.29) is 24.8 Å². The molecule has 0 amide bonds. The zero-order valence-electron chi connectivity index (χ0n) is 12.3. The second-order valence-corrected chi connectivity index (χ2v) is 5.62. The number of unbranched alkanes of at least 4 members (excludes halogenated alkanes) is 1. The van der Waals surface area contributed by atoms with Gasteiger partial charge in [0.2, 0.25) is 0 Å². The summed E-state index contributed by atoms with van der Waals surface area (Å²) in [4.78, 5) is 2.60. The SMILES string of the molecule is CCCCNc1cc2c3c(c1)CCCN3CCC2.Cl.Cl. The Morgan fingerprint density at radius 1 is 1.05 bits per heavy atom. The first-order chi connectivity index (χ1) is 8.88. The topological polar surface area (TPSA) is 15.3 Å². The Morgan fingerprint density at radius 2 is 1.65 bits per heavy atom. The van der Waals surface area contributed by atoms with E-state index in [4.69, 9.17) is 0 Å². The fraction of sp³-hybridized carbons (Fsp3) is 0.625. The molecule has 1 N–H and O–H groups in total. The van der Waals surface area contributed by atoms with Crippen LogP contribution in [0, 0.1) is 0 Å². The van der Waals surface area contributed by atoms with Gasteiger partial charge < -0.3 is 10.2 Å². The molecule has 2 aliphatic heterocycles. The highest BCUT2D eigenvalue weighted by molar-refractivity contribution is 5.85. The summed E-state index contributed by atoms with van der Waals surface area (Å²) in [5, 5.41) is 3.59. The van der Waals surface area contributed by atoms with Gasteiger partial charge in [0, 0.05) is 31.0 Å². The van der Waals surface area contributed by atoms with Crippen LogP contribution in [-0.4, -0.2) is 19.6 Å². The van der Waals surface area contributed by atoms with Crippen LogP contribution in [0.3, 0.4) is 0 Å². The molecule has 0 aliphatic carbocycles. The van der Waals surface area contributed by atoms with E-state index >= 15 is 0 Å². The van der Waals surface area contributed by atoms with E-state index in [1.807, 2.05) is 0 Å². The minimum atomic E-state index is 0. The van der Waals surface area contributed by atoms with Gasteiger partial charge in [-0.25, -0.2) is 0 Å². The summed E-state index contributed by atoms with van der Waals surface area (Å²) >= 11 is 0. The monoisotopic (exact) mass is 316 g/mol. The summed E-state index contributed by atoms with van der Waals surface area (Å²) < 4.78 is 0. The molecule has 2 nitrogen and oxygen atoms in total. The second kappa shape index (κ2) is 7.99. The molecular formula is C16H26Cl2N2. The highest BCUT2D eigenvalue weighted by atomic mass is 35.5.